The average Bonchev–Trinajstić information content (AvgIpc) is 2.61. The molecule has 0 aliphatic carbocycles. The van der Waals surface area contributed by atoms with Crippen LogP contribution in [0.2, 0.25) is 5.15 Å². The van der Waals surface area contributed by atoms with Crippen molar-refractivity contribution in [2.45, 2.75) is 6.42 Å². The zero-order valence-corrected chi connectivity index (χ0v) is 7.88. The zero-order valence-electron chi connectivity index (χ0n) is 7.13. The van der Waals surface area contributed by atoms with Crippen LogP contribution in [0.4, 0.5) is 0 Å². The van der Waals surface area contributed by atoms with Crippen molar-refractivity contribution in [3.8, 4) is 0 Å². The van der Waals surface area contributed by atoms with Crippen LogP contribution in [0.25, 0.3) is 0 Å². The summed E-state index contributed by atoms with van der Waals surface area (Å²) in [5, 5.41) is 3.76. The van der Waals surface area contributed by atoms with Crippen molar-refractivity contribution in [1.82, 2.24) is 10.3 Å². The molecule has 0 atom stereocenters. The van der Waals surface area contributed by atoms with Gasteiger partial charge in [-0.25, -0.2) is 4.98 Å². The molecule has 0 saturated carbocycles. The summed E-state index contributed by atoms with van der Waals surface area (Å²) in [7, 11) is 0. The SMILES string of the molecule is Clc1ncccc1CC1=NCCN1. The molecular formula is C9H10ClN3. The largest absolute Gasteiger partial charge is 0.372 e. The predicted molar refractivity (Wildman–Crippen MR) is 53.3 cm³/mol. The fraction of sp³-hybridized carbons (Fsp3) is 0.333. The van der Waals surface area contributed by atoms with E-state index in [1.54, 1.807) is 6.20 Å². The van der Waals surface area contributed by atoms with Crippen molar-refractivity contribution in [3.63, 3.8) is 0 Å². The summed E-state index contributed by atoms with van der Waals surface area (Å²) in [4.78, 5) is 8.30. The van der Waals surface area contributed by atoms with E-state index in [1.807, 2.05) is 12.1 Å². The number of hydrogen-bond acceptors (Lipinski definition) is 3. The summed E-state index contributed by atoms with van der Waals surface area (Å²) in [6.07, 6.45) is 2.45. The number of nitrogens with one attached hydrogen (secondary N) is 1. The molecule has 1 aliphatic rings. The Morgan fingerprint density at radius 1 is 1.54 bits per heavy atom. The number of pyridine rings is 1. The maximum atomic E-state index is 5.91. The molecule has 13 heavy (non-hydrogen) atoms. The molecular weight excluding hydrogens is 186 g/mol. The van der Waals surface area contributed by atoms with E-state index < -0.39 is 0 Å². The van der Waals surface area contributed by atoms with Gasteiger partial charge in [0.25, 0.3) is 0 Å². The van der Waals surface area contributed by atoms with E-state index in [0.717, 1.165) is 30.9 Å². The summed E-state index contributed by atoms with van der Waals surface area (Å²) in [6.45, 7) is 1.81. The first-order chi connectivity index (χ1) is 6.36. The number of amidine groups is 1. The molecule has 0 bridgehead atoms. The molecule has 1 N–H and O–H groups in total. The maximum Gasteiger partial charge on any atom is 0.132 e. The van der Waals surface area contributed by atoms with Gasteiger partial charge in [-0.15, -0.1) is 0 Å². The van der Waals surface area contributed by atoms with Gasteiger partial charge < -0.3 is 5.32 Å². The Bertz CT molecular complexity index is 335. The molecule has 4 heteroatoms. The van der Waals surface area contributed by atoms with Crippen molar-refractivity contribution >= 4 is 17.4 Å². The molecule has 0 fully saturated rings. The summed E-state index contributed by atoms with van der Waals surface area (Å²) < 4.78 is 0. The molecule has 2 rings (SSSR count). The number of aromatic nitrogens is 1. The van der Waals surface area contributed by atoms with Crippen LogP contribution >= 0.6 is 11.6 Å². The van der Waals surface area contributed by atoms with Crippen LogP contribution in [0, 0.1) is 0 Å². The van der Waals surface area contributed by atoms with Gasteiger partial charge in [0.05, 0.1) is 6.54 Å². The highest BCUT2D eigenvalue weighted by atomic mass is 35.5. The molecule has 2 heterocycles. The van der Waals surface area contributed by atoms with Crippen LogP contribution < -0.4 is 5.32 Å². The number of aliphatic imine (C=N–C) groups is 1. The van der Waals surface area contributed by atoms with Crippen LogP contribution in [0.3, 0.4) is 0 Å². The van der Waals surface area contributed by atoms with Gasteiger partial charge in [-0.05, 0) is 11.6 Å². The standard InChI is InChI=1S/C9H10ClN3/c10-9-7(2-1-3-13-9)6-8-11-4-5-12-8/h1-3H,4-6H2,(H,11,12). The van der Waals surface area contributed by atoms with Gasteiger partial charge in [-0.1, -0.05) is 17.7 Å². The lowest BCUT2D eigenvalue weighted by molar-refractivity contribution is 0.953. The molecule has 1 aromatic heterocycles. The van der Waals surface area contributed by atoms with Crippen LogP contribution in [0.5, 0.6) is 0 Å². The van der Waals surface area contributed by atoms with Crippen molar-refractivity contribution < 1.29 is 0 Å². The Kier molecular flexibility index (Phi) is 2.45. The van der Waals surface area contributed by atoms with Crippen molar-refractivity contribution in [1.29, 1.82) is 0 Å². The predicted octanol–water partition coefficient (Wildman–Crippen LogP) is 1.28. The lowest BCUT2D eigenvalue weighted by Crippen LogP contribution is -2.20. The van der Waals surface area contributed by atoms with Crippen LogP contribution in [-0.2, 0) is 6.42 Å². The monoisotopic (exact) mass is 195 g/mol. The summed E-state index contributed by atoms with van der Waals surface area (Å²) in [5.74, 6) is 1.01. The van der Waals surface area contributed by atoms with Gasteiger partial charge in [-0.2, -0.15) is 0 Å². The average molecular weight is 196 g/mol. The summed E-state index contributed by atoms with van der Waals surface area (Å²) in [6, 6.07) is 3.86. The second kappa shape index (κ2) is 3.75. The maximum absolute atomic E-state index is 5.91. The minimum atomic E-state index is 0.568. The van der Waals surface area contributed by atoms with Crippen LogP contribution in [0.1, 0.15) is 5.56 Å². The fourth-order valence-electron chi connectivity index (χ4n) is 1.30. The van der Waals surface area contributed by atoms with E-state index in [0.29, 0.717) is 5.15 Å². The molecule has 0 amide bonds. The summed E-state index contributed by atoms with van der Waals surface area (Å²) >= 11 is 5.91. The first kappa shape index (κ1) is 8.51. The number of halogens is 1. The second-order valence-electron chi connectivity index (χ2n) is 2.89. The van der Waals surface area contributed by atoms with Crippen molar-refractivity contribution in [2.24, 2.45) is 4.99 Å². The Morgan fingerprint density at radius 3 is 3.15 bits per heavy atom. The van der Waals surface area contributed by atoms with Gasteiger partial charge in [0, 0.05) is 19.2 Å². The number of nitrogens with zero attached hydrogens (tertiary/aromatic N) is 2. The van der Waals surface area contributed by atoms with Gasteiger partial charge in [-0.3, -0.25) is 4.99 Å². The normalized spacial score (nSPS) is 15.3. The van der Waals surface area contributed by atoms with Crippen molar-refractivity contribution in [2.75, 3.05) is 13.1 Å². The first-order valence-corrected chi connectivity index (χ1v) is 4.60. The lowest BCUT2D eigenvalue weighted by atomic mass is 10.2. The van der Waals surface area contributed by atoms with Gasteiger partial charge >= 0.3 is 0 Å². The quantitative estimate of drug-likeness (QED) is 0.722. The van der Waals surface area contributed by atoms with E-state index in [9.17, 15) is 0 Å². The highest BCUT2D eigenvalue weighted by Crippen LogP contribution is 2.12. The molecule has 0 aromatic carbocycles. The molecule has 0 unspecified atom stereocenters. The van der Waals surface area contributed by atoms with E-state index in [2.05, 4.69) is 15.3 Å². The molecule has 0 radical (unpaired) electrons. The minimum absolute atomic E-state index is 0.568. The van der Waals surface area contributed by atoms with Gasteiger partial charge in [0.15, 0.2) is 0 Å². The fourth-order valence-corrected chi connectivity index (χ4v) is 1.48. The lowest BCUT2D eigenvalue weighted by Gasteiger charge is -2.03. The summed E-state index contributed by atoms with van der Waals surface area (Å²) in [5.41, 5.74) is 1.03. The Hall–Kier alpha value is -1.09. The molecule has 0 spiro atoms. The van der Waals surface area contributed by atoms with Crippen LogP contribution in [0.15, 0.2) is 23.3 Å². The van der Waals surface area contributed by atoms with E-state index in [1.165, 1.54) is 0 Å². The molecule has 1 aliphatic heterocycles. The third-order valence-electron chi connectivity index (χ3n) is 1.94. The number of hydrogen-bond donors (Lipinski definition) is 1. The molecule has 68 valence electrons. The van der Waals surface area contributed by atoms with Crippen molar-refractivity contribution in [3.05, 3.63) is 29.0 Å². The highest BCUT2D eigenvalue weighted by Gasteiger charge is 2.08. The van der Waals surface area contributed by atoms with Crippen LogP contribution in [-0.4, -0.2) is 23.9 Å². The molecule has 3 nitrogen and oxygen atoms in total. The third-order valence-corrected chi connectivity index (χ3v) is 2.28. The third kappa shape index (κ3) is 1.98. The molecule has 1 aromatic rings. The van der Waals surface area contributed by atoms with E-state index in [-0.39, 0.29) is 0 Å². The van der Waals surface area contributed by atoms with Gasteiger partial charge in [0.2, 0.25) is 0 Å². The Labute approximate surface area is 81.9 Å². The number of rotatable bonds is 2. The first-order valence-electron chi connectivity index (χ1n) is 4.23. The van der Waals surface area contributed by atoms with E-state index in [4.69, 9.17) is 11.6 Å². The van der Waals surface area contributed by atoms with Gasteiger partial charge in [0.1, 0.15) is 11.0 Å². The minimum Gasteiger partial charge on any atom is -0.372 e. The highest BCUT2D eigenvalue weighted by molar-refractivity contribution is 6.30. The Balaban J connectivity index is 2.13. The topological polar surface area (TPSA) is 37.3 Å². The molecule has 0 saturated heterocycles. The zero-order chi connectivity index (χ0) is 9.10. The smallest absolute Gasteiger partial charge is 0.132 e. The Morgan fingerprint density at radius 2 is 2.46 bits per heavy atom. The van der Waals surface area contributed by atoms with E-state index >= 15 is 0 Å². The second-order valence-corrected chi connectivity index (χ2v) is 3.24.